The van der Waals surface area contributed by atoms with Gasteiger partial charge in [0, 0.05) is 18.0 Å². The minimum atomic E-state index is -4.53. The zero-order chi connectivity index (χ0) is 17.9. The van der Waals surface area contributed by atoms with E-state index in [1.807, 2.05) is 5.32 Å². The molecule has 9 heteroatoms. The molecule has 1 N–H and O–H groups in total. The minimum Gasteiger partial charge on any atom is -0.339 e. The molecule has 0 aliphatic rings. The number of amides is 1. The lowest BCUT2D eigenvalue weighted by molar-refractivity contribution is -0.164. The molecule has 0 spiro atoms. The van der Waals surface area contributed by atoms with Crippen LogP contribution >= 0.6 is 22.9 Å². The quantitative estimate of drug-likeness (QED) is 0.830. The van der Waals surface area contributed by atoms with Crippen LogP contribution in [0.15, 0.2) is 24.5 Å². The van der Waals surface area contributed by atoms with E-state index in [0.717, 1.165) is 11.3 Å². The number of hydrogen-bond acceptors (Lipinski definition) is 4. The number of carbonyl (C=O) groups is 1. The van der Waals surface area contributed by atoms with Crippen LogP contribution in [0.2, 0.25) is 5.15 Å². The number of carbonyl (C=O) groups excluding carboxylic acids is 1. The Morgan fingerprint density at radius 2 is 2.17 bits per heavy atom. The Morgan fingerprint density at radius 1 is 1.46 bits per heavy atom. The molecule has 24 heavy (non-hydrogen) atoms. The number of hydrogen-bond donors (Lipinski definition) is 1. The van der Waals surface area contributed by atoms with Crippen LogP contribution in [0.5, 0.6) is 0 Å². The number of thiazole rings is 1. The Kier molecular flexibility index (Phi) is 5.82. The fourth-order valence-electron chi connectivity index (χ4n) is 2.04. The molecule has 4 nitrogen and oxygen atoms in total. The fraction of sp³-hybridized carbons (Fsp3) is 0.400. The third-order valence-electron chi connectivity index (χ3n) is 3.55. The van der Waals surface area contributed by atoms with Gasteiger partial charge in [-0.2, -0.15) is 13.2 Å². The number of nitrogens with zero attached hydrogens (tertiary/aromatic N) is 2. The highest BCUT2D eigenvalue weighted by Gasteiger charge is 2.44. The second-order valence-corrected chi connectivity index (χ2v) is 6.62. The SMILES string of the molecule is CC[C@H](C)[C@H](NC(=O)c1sc(-c2cccnc2)nc1Cl)C(F)(F)F. The number of halogens is 4. The van der Waals surface area contributed by atoms with Crippen LogP contribution in [0.4, 0.5) is 13.2 Å². The Morgan fingerprint density at radius 3 is 2.71 bits per heavy atom. The van der Waals surface area contributed by atoms with Crippen LogP contribution in [-0.2, 0) is 0 Å². The molecule has 0 aliphatic heterocycles. The van der Waals surface area contributed by atoms with E-state index >= 15 is 0 Å². The molecule has 130 valence electrons. The molecule has 2 rings (SSSR count). The maximum atomic E-state index is 13.1. The summed E-state index contributed by atoms with van der Waals surface area (Å²) in [5.74, 6) is -1.63. The number of rotatable bonds is 5. The van der Waals surface area contributed by atoms with Gasteiger partial charge < -0.3 is 5.32 Å². The second kappa shape index (κ2) is 7.48. The fourth-order valence-corrected chi connectivity index (χ4v) is 3.23. The topological polar surface area (TPSA) is 54.9 Å². The van der Waals surface area contributed by atoms with Crippen molar-refractivity contribution in [2.75, 3.05) is 0 Å². The molecular weight excluding hydrogens is 363 g/mol. The number of nitrogens with one attached hydrogen (secondary N) is 1. The van der Waals surface area contributed by atoms with Crippen molar-refractivity contribution in [2.45, 2.75) is 32.5 Å². The summed E-state index contributed by atoms with van der Waals surface area (Å²) in [6.07, 6.45) is -1.14. The Balaban J connectivity index is 2.25. The molecule has 0 fully saturated rings. The first kappa shape index (κ1) is 18.7. The maximum absolute atomic E-state index is 13.1. The van der Waals surface area contributed by atoms with Crippen molar-refractivity contribution in [2.24, 2.45) is 5.92 Å². The van der Waals surface area contributed by atoms with Gasteiger partial charge in [0.15, 0.2) is 5.15 Å². The average Bonchev–Trinajstić information content (AvgIpc) is 2.93. The molecule has 0 saturated carbocycles. The summed E-state index contributed by atoms with van der Waals surface area (Å²) in [5.41, 5.74) is 0.637. The molecule has 2 atom stereocenters. The van der Waals surface area contributed by atoms with Crippen molar-refractivity contribution >= 4 is 28.8 Å². The first-order valence-electron chi connectivity index (χ1n) is 7.18. The van der Waals surface area contributed by atoms with Crippen LogP contribution in [0.3, 0.4) is 0 Å². The van der Waals surface area contributed by atoms with Crippen LogP contribution in [0, 0.1) is 5.92 Å². The van der Waals surface area contributed by atoms with E-state index in [-0.39, 0.29) is 16.5 Å². The second-order valence-electron chi connectivity index (χ2n) is 5.26. The van der Waals surface area contributed by atoms with E-state index < -0.39 is 24.0 Å². The minimum absolute atomic E-state index is 0.0481. The molecule has 0 bridgehead atoms. The van der Waals surface area contributed by atoms with Gasteiger partial charge in [0.25, 0.3) is 5.91 Å². The highest BCUT2D eigenvalue weighted by Crippen LogP contribution is 2.32. The molecule has 0 unspecified atom stereocenters. The number of alkyl halides is 3. The number of aromatic nitrogens is 2. The van der Waals surface area contributed by atoms with E-state index in [4.69, 9.17) is 11.6 Å². The zero-order valence-corrected chi connectivity index (χ0v) is 14.5. The number of pyridine rings is 1. The first-order chi connectivity index (χ1) is 11.2. The molecule has 2 aromatic heterocycles. The van der Waals surface area contributed by atoms with E-state index in [1.54, 1.807) is 25.3 Å². The van der Waals surface area contributed by atoms with Crippen molar-refractivity contribution in [1.29, 1.82) is 0 Å². The van der Waals surface area contributed by atoms with Crippen LogP contribution in [0.1, 0.15) is 29.9 Å². The summed E-state index contributed by atoms with van der Waals surface area (Å²) in [6, 6.07) is 1.48. The zero-order valence-electron chi connectivity index (χ0n) is 12.9. The average molecular weight is 378 g/mol. The van der Waals surface area contributed by atoms with Crippen molar-refractivity contribution in [1.82, 2.24) is 15.3 Å². The predicted octanol–water partition coefficient (Wildman–Crippen LogP) is 4.57. The highest BCUT2D eigenvalue weighted by atomic mass is 35.5. The summed E-state index contributed by atoms with van der Waals surface area (Å²) in [7, 11) is 0. The summed E-state index contributed by atoms with van der Waals surface area (Å²) in [4.78, 5) is 20.2. The monoisotopic (exact) mass is 377 g/mol. The van der Waals surface area contributed by atoms with Crippen LogP contribution in [-0.4, -0.2) is 28.1 Å². The smallest absolute Gasteiger partial charge is 0.339 e. The molecule has 1 amide bonds. The van der Waals surface area contributed by atoms with E-state index in [9.17, 15) is 18.0 Å². The molecular formula is C15H15ClF3N3OS. The lowest BCUT2D eigenvalue weighted by Gasteiger charge is -2.26. The van der Waals surface area contributed by atoms with Gasteiger partial charge >= 0.3 is 6.18 Å². The van der Waals surface area contributed by atoms with E-state index in [1.165, 1.54) is 13.1 Å². The van der Waals surface area contributed by atoms with Gasteiger partial charge in [-0.1, -0.05) is 31.9 Å². The molecule has 2 aromatic rings. The van der Waals surface area contributed by atoms with Gasteiger partial charge in [-0.3, -0.25) is 9.78 Å². The summed E-state index contributed by atoms with van der Waals surface area (Å²) in [5, 5.41) is 2.33. The summed E-state index contributed by atoms with van der Waals surface area (Å²) < 4.78 is 39.4. The summed E-state index contributed by atoms with van der Waals surface area (Å²) >= 11 is 6.87. The first-order valence-corrected chi connectivity index (χ1v) is 8.37. The van der Waals surface area contributed by atoms with Crippen molar-refractivity contribution in [3.63, 3.8) is 0 Å². The predicted molar refractivity (Wildman–Crippen MR) is 87.1 cm³/mol. The third kappa shape index (κ3) is 4.24. The van der Waals surface area contributed by atoms with Crippen LogP contribution < -0.4 is 5.32 Å². The molecule has 0 saturated heterocycles. The normalized spacial score (nSPS) is 14.2. The summed E-state index contributed by atoms with van der Waals surface area (Å²) in [6.45, 7) is 3.07. The third-order valence-corrected chi connectivity index (χ3v) is 5.04. The highest BCUT2D eigenvalue weighted by molar-refractivity contribution is 7.17. The van der Waals surface area contributed by atoms with Crippen molar-refractivity contribution in [3.05, 3.63) is 34.6 Å². The van der Waals surface area contributed by atoms with Gasteiger partial charge in [0.05, 0.1) is 0 Å². The Bertz CT molecular complexity index is 706. The maximum Gasteiger partial charge on any atom is 0.408 e. The molecule has 0 aliphatic carbocycles. The largest absolute Gasteiger partial charge is 0.408 e. The van der Waals surface area contributed by atoms with Gasteiger partial charge in [0.1, 0.15) is 15.9 Å². The van der Waals surface area contributed by atoms with Gasteiger partial charge in [-0.05, 0) is 18.1 Å². The molecule has 0 radical (unpaired) electrons. The van der Waals surface area contributed by atoms with Gasteiger partial charge in [-0.15, -0.1) is 11.3 Å². The van der Waals surface area contributed by atoms with E-state index in [0.29, 0.717) is 10.6 Å². The van der Waals surface area contributed by atoms with Gasteiger partial charge in [-0.25, -0.2) is 4.98 Å². The van der Waals surface area contributed by atoms with Crippen LogP contribution in [0.25, 0.3) is 10.6 Å². The Labute approximate surface area is 146 Å². The van der Waals surface area contributed by atoms with Crippen molar-refractivity contribution in [3.8, 4) is 10.6 Å². The standard InChI is InChI=1S/C15H15ClF3N3OS/c1-3-8(2)11(15(17,18)19)21-13(23)10-12(16)22-14(24-10)9-5-4-6-20-7-9/h4-8,11H,3H2,1-2H3,(H,21,23)/t8-,11-/m0/s1. The van der Waals surface area contributed by atoms with Gasteiger partial charge in [0.2, 0.25) is 0 Å². The lowest BCUT2D eigenvalue weighted by atomic mass is 9.98. The van der Waals surface area contributed by atoms with Crippen molar-refractivity contribution < 1.29 is 18.0 Å². The Hall–Kier alpha value is -1.67. The molecule has 2 heterocycles. The van der Waals surface area contributed by atoms with E-state index in [2.05, 4.69) is 9.97 Å². The molecule has 0 aromatic carbocycles. The lowest BCUT2D eigenvalue weighted by Crippen LogP contribution is -2.49.